The first-order valence-corrected chi connectivity index (χ1v) is 9.41. The number of aryl methyl sites for hydroxylation is 2. The molecule has 0 radical (unpaired) electrons. The lowest BCUT2D eigenvalue weighted by Crippen LogP contribution is -2.30. The fraction of sp³-hybridized carbons (Fsp3) is 0.304. The molecular weight excluding hydrogens is 350 g/mol. The van der Waals surface area contributed by atoms with Crippen LogP contribution in [0.25, 0.3) is 11.1 Å². The number of benzene rings is 2. The summed E-state index contributed by atoms with van der Waals surface area (Å²) < 4.78 is 1.86. The maximum Gasteiger partial charge on any atom is 0.254 e. The molecule has 0 fully saturated rings. The van der Waals surface area contributed by atoms with E-state index in [1.807, 2.05) is 88.1 Å². The molecule has 2 aromatic carbocycles. The summed E-state index contributed by atoms with van der Waals surface area (Å²) in [4.78, 5) is 14.8. The van der Waals surface area contributed by atoms with Crippen molar-refractivity contribution >= 4 is 5.91 Å². The van der Waals surface area contributed by atoms with Crippen molar-refractivity contribution in [2.45, 2.75) is 33.4 Å². The Balaban J connectivity index is 1.82. The van der Waals surface area contributed by atoms with E-state index >= 15 is 0 Å². The van der Waals surface area contributed by atoms with Crippen LogP contribution in [0.3, 0.4) is 0 Å². The molecule has 0 aliphatic rings. The predicted octanol–water partition coefficient (Wildman–Crippen LogP) is 4.03. The maximum absolute atomic E-state index is 13.0. The molecule has 5 heteroatoms. The second-order valence-corrected chi connectivity index (χ2v) is 7.24. The highest BCUT2D eigenvalue weighted by Crippen LogP contribution is 2.27. The first-order valence-electron chi connectivity index (χ1n) is 9.41. The number of carbonyl (C=O) groups is 1. The van der Waals surface area contributed by atoms with Gasteiger partial charge in [-0.3, -0.25) is 9.48 Å². The van der Waals surface area contributed by atoms with E-state index in [4.69, 9.17) is 0 Å². The Hall–Kier alpha value is -2.92. The van der Waals surface area contributed by atoms with Gasteiger partial charge < -0.3 is 10.0 Å². The van der Waals surface area contributed by atoms with E-state index in [1.165, 1.54) is 0 Å². The van der Waals surface area contributed by atoms with Gasteiger partial charge in [-0.05, 0) is 55.7 Å². The molecule has 3 rings (SSSR count). The van der Waals surface area contributed by atoms with Crippen molar-refractivity contribution in [3.05, 3.63) is 76.6 Å². The summed E-state index contributed by atoms with van der Waals surface area (Å²) in [6.45, 7) is 6.05. The average molecular weight is 377 g/mol. The van der Waals surface area contributed by atoms with Crippen molar-refractivity contribution in [1.82, 2.24) is 14.7 Å². The third-order valence-corrected chi connectivity index (χ3v) is 5.46. The lowest BCUT2D eigenvalue weighted by molar-refractivity contribution is 0.0742. The van der Waals surface area contributed by atoms with Crippen LogP contribution in [0.5, 0.6) is 0 Å². The van der Waals surface area contributed by atoms with E-state index in [9.17, 15) is 9.90 Å². The van der Waals surface area contributed by atoms with Gasteiger partial charge in [-0.2, -0.15) is 5.10 Å². The van der Waals surface area contributed by atoms with Gasteiger partial charge >= 0.3 is 0 Å². The normalized spacial score (nSPS) is 12.1. The molecule has 1 aromatic heterocycles. The first-order chi connectivity index (χ1) is 13.3. The van der Waals surface area contributed by atoms with Crippen LogP contribution in [0.1, 0.15) is 45.8 Å². The van der Waals surface area contributed by atoms with Crippen molar-refractivity contribution in [3.63, 3.8) is 0 Å². The first kappa shape index (κ1) is 19.8. The Labute approximate surface area is 166 Å². The Morgan fingerprint density at radius 2 is 1.82 bits per heavy atom. The summed E-state index contributed by atoms with van der Waals surface area (Å²) in [5.74, 6) is -0.0224. The van der Waals surface area contributed by atoms with Crippen LogP contribution in [0.15, 0.2) is 48.5 Å². The van der Waals surface area contributed by atoms with Gasteiger partial charge in [0.05, 0.1) is 18.3 Å². The summed E-state index contributed by atoms with van der Waals surface area (Å²) >= 11 is 0. The maximum atomic E-state index is 13.0. The zero-order valence-corrected chi connectivity index (χ0v) is 17.1. The lowest BCUT2D eigenvalue weighted by Gasteiger charge is -2.26. The van der Waals surface area contributed by atoms with Gasteiger partial charge in [-0.1, -0.05) is 30.3 Å². The standard InChI is InChI=1S/C23H27N3O2/c1-15-22(17(3)26(5)24-15)16(2)25(4)23(28)20-11-9-19(10-12-20)21-8-6-7-18(13-21)14-27/h6-13,16,27H,14H2,1-5H3. The Bertz CT molecular complexity index is 990. The van der Waals surface area contributed by atoms with Crippen molar-refractivity contribution in [2.24, 2.45) is 7.05 Å². The number of aromatic nitrogens is 2. The van der Waals surface area contributed by atoms with Crippen LogP contribution in [0, 0.1) is 13.8 Å². The van der Waals surface area contributed by atoms with Crippen LogP contribution in [0.2, 0.25) is 0 Å². The Morgan fingerprint density at radius 3 is 2.39 bits per heavy atom. The molecule has 0 saturated carbocycles. The number of amides is 1. The third-order valence-electron chi connectivity index (χ3n) is 5.46. The molecule has 0 saturated heterocycles. The fourth-order valence-electron chi connectivity index (χ4n) is 3.62. The summed E-state index contributed by atoms with van der Waals surface area (Å²) in [5, 5.41) is 13.8. The smallest absolute Gasteiger partial charge is 0.254 e. The quantitative estimate of drug-likeness (QED) is 0.730. The van der Waals surface area contributed by atoms with Crippen molar-refractivity contribution in [3.8, 4) is 11.1 Å². The van der Waals surface area contributed by atoms with Crippen LogP contribution < -0.4 is 0 Å². The minimum Gasteiger partial charge on any atom is -0.392 e. The van der Waals surface area contributed by atoms with Gasteiger partial charge in [-0.25, -0.2) is 0 Å². The lowest BCUT2D eigenvalue weighted by atomic mass is 10.0. The number of carbonyl (C=O) groups excluding carboxylic acids is 1. The molecule has 1 N–H and O–H groups in total. The van der Waals surface area contributed by atoms with E-state index < -0.39 is 0 Å². The molecule has 1 unspecified atom stereocenters. The van der Waals surface area contributed by atoms with Gasteiger partial charge in [0.25, 0.3) is 5.91 Å². The second-order valence-electron chi connectivity index (χ2n) is 7.24. The molecule has 0 aliphatic carbocycles. The Morgan fingerprint density at radius 1 is 1.14 bits per heavy atom. The number of hydrogen-bond acceptors (Lipinski definition) is 3. The Kier molecular flexibility index (Phi) is 5.66. The minimum absolute atomic E-state index is 0.0142. The topological polar surface area (TPSA) is 58.4 Å². The largest absolute Gasteiger partial charge is 0.392 e. The van der Waals surface area contributed by atoms with Gasteiger partial charge in [0.15, 0.2) is 0 Å². The van der Waals surface area contributed by atoms with Crippen molar-refractivity contribution in [1.29, 1.82) is 0 Å². The highest BCUT2D eigenvalue weighted by molar-refractivity contribution is 5.94. The highest BCUT2D eigenvalue weighted by Gasteiger charge is 2.24. The zero-order valence-electron chi connectivity index (χ0n) is 17.1. The van der Waals surface area contributed by atoms with Crippen LogP contribution >= 0.6 is 0 Å². The number of nitrogens with zero attached hydrogens (tertiary/aromatic N) is 3. The molecule has 3 aromatic rings. The van der Waals surface area contributed by atoms with Gasteiger partial charge in [0.1, 0.15) is 0 Å². The van der Waals surface area contributed by atoms with E-state index in [-0.39, 0.29) is 18.6 Å². The summed E-state index contributed by atoms with van der Waals surface area (Å²) in [6.07, 6.45) is 0. The highest BCUT2D eigenvalue weighted by atomic mass is 16.3. The monoisotopic (exact) mass is 377 g/mol. The molecule has 0 spiro atoms. The molecule has 28 heavy (non-hydrogen) atoms. The predicted molar refractivity (Wildman–Crippen MR) is 111 cm³/mol. The number of hydrogen-bond donors (Lipinski definition) is 1. The molecule has 1 atom stereocenters. The van der Waals surface area contributed by atoms with Gasteiger partial charge in [-0.15, -0.1) is 0 Å². The second kappa shape index (κ2) is 7.98. The van der Waals surface area contributed by atoms with Gasteiger partial charge in [0, 0.05) is 30.9 Å². The van der Waals surface area contributed by atoms with Crippen LogP contribution in [-0.2, 0) is 13.7 Å². The third kappa shape index (κ3) is 3.71. The molecule has 146 valence electrons. The number of aliphatic hydroxyl groups excluding tert-OH is 1. The van der Waals surface area contributed by atoms with Crippen LogP contribution in [-0.4, -0.2) is 32.7 Å². The summed E-state index contributed by atoms with van der Waals surface area (Å²) in [6, 6.07) is 15.3. The molecule has 0 bridgehead atoms. The molecule has 1 heterocycles. The average Bonchev–Trinajstić information content (AvgIpc) is 2.98. The molecule has 0 aliphatic heterocycles. The zero-order chi connectivity index (χ0) is 20.4. The molecule has 5 nitrogen and oxygen atoms in total. The van der Waals surface area contributed by atoms with E-state index in [1.54, 1.807) is 4.90 Å². The minimum atomic E-state index is -0.0675. The molecular formula is C23H27N3O2. The number of aliphatic hydroxyl groups is 1. The van der Waals surface area contributed by atoms with Gasteiger partial charge in [0.2, 0.25) is 0 Å². The fourth-order valence-corrected chi connectivity index (χ4v) is 3.62. The summed E-state index contributed by atoms with van der Waals surface area (Å²) in [5.41, 5.74) is 6.67. The van der Waals surface area contributed by atoms with E-state index in [0.717, 1.165) is 33.6 Å². The van der Waals surface area contributed by atoms with Crippen molar-refractivity contribution in [2.75, 3.05) is 7.05 Å². The van der Waals surface area contributed by atoms with Crippen molar-refractivity contribution < 1.29 is 9.90 Å². The molecule has 1 amide bonds. The summed E-state index contributed by atoms with van der Waals surface area (Å²) in [7, 11) is 3.75. The number of rotatable bonds is 5. The SMILES string of the molecule is Cc1nn(C)c(C)c1C(C)N(C)C(=O)c1ccc(-c2cccc(CO)c2)cc1. The van der Waals surface area contributed by atoms with E-state index in [2.05, 4.69) is 5.10 Å². The van der Waals surface area contributed by atoms with E-state index in [0.29, 0.717) is 5.56 Å². The van der Waals surface area contributed by atoms with Crippen LogP contribution in [0.4, 0.5) is 0 Å².